The topological polar surface area (TPSA) is 36.4 Å². The van der Waals surface area contributed by atoms with Crippen LogP contribution in [0.4, 0.5) is 5.69 Å². The summed E-state index contributed by atoms with van der Waals surface area (Å²) in [6.45, 7) is 5.90. The molecule has 1 aliphatic rings. The molecule has 1 saturated heterocycles. The molecule has 2 rings (SSSR count). The minimum absolute atomic E-state index is 0.0990. The summed E-state index contributed by atoms with van der Waals surface area (Å²) in [5.74, 6) is 0. The highest BCUT2D eigenvalue weighted by Crippen LogP contribution is 2.18. The molecule has 0 radical (unpaired) electrons. The van der Waals surface area contributed by atoms with Gasteiger partial charge in [0.05, 0.1) is 6.10 Å². The second-order valence-electron chi connectivity index (χ2n) is 3.42. The SMILES string of the molecule is CC.OC1CCN(c2ccncc2)CC1. The van der Waals surface area contributed by atoms with E-state index in [1.807, 2.05) is 26.0 Å². The van der Waals surface area contributed by atoms with Gasteiger partial charge in [0.2, 0.25) is 0 Å². The Bertz CT molecular complexity index is 256. The van der Waals surface area contributed by atoms with Gasteiger partial charge in [-0.1, -0.05) is 13.8 Å². The first-order valence-electron chi connectivity index (χ1n) is 5.69. The molecule has 0 aromatic carbocycles. The fourth-order valence-electron chi connectivity index (χ4n) is 1.68. The van der Waals surface area contributed by atoms with E-state index in [-0.39, 0.29) is 6.10 Å². The van der Waals surface area contributed by atoms with Crippen LogP contribution in [0.5, 0.6) is 0 Å². The number of rotatable bonds is 1. The highest BCUT2D eigenvalue weighted by Gasteiger charge is 2.16. The first-order chi connectivity index (χ1) is 7.36. The number of nitrogens with zero attached hydrogens (tertiary/aromatic N) is 2. The monoisotopic (exact) mass is 208 g/mol. The largest absolute Gasteiger partial charge is 0.393 e. The maximum Gasteiger partial charge on any atom is 0.0574 e. The van der Waals surface area contributed by atoms with Crippen LogP contribution in [0.3, 0.4) is 0 Å². The second kappa shape index (κ2) is 6.40. The zero-order chi connectivity index (χ0) is 11.1. The molecule has 0 spiro atoms. The van der Waals surface area contributed by atoms with Crippen LogP contribution in [0.1, 0.15) is 26.7 Å². The van der Waals surface area contributed by atoms with Gasteiger partial charge in [0.15, 0.2) is 0 Å². The van der Waals surface area contributed by atoms with Gasteiger partial charge in [-0.3, -0.25) is 4.98 Å². The molecule has 3 nitrogen and oxygen atoms in total. The van der Waals surface area contributed by atoms with E-state index in [9.17, 15) is 5.11 Å². The third-order valence-corrected chi connectivity index (χ3v) is 2.49. The van der Waals surface area contributed by atoms with E-state index in [2.05, 4.69) is 9.88 Å². The molecule has 0 unspecified atom stereocenters. The number of piperidine rings is 1. The summed E-state index contributed by atoms with van der Waals surface area (Å²) >= 11 is 0. The molecule has 1 aromatic rings. The van der Waals surface area contributed by atoms with Crippen LogP contribution >= 0.6 is 0 Å². The maximum atomic E-state index is 9.33. The average Bonchev–Trinajstić information content (AvgIpc) is 2.34. The zero-order valence-electron chi connectivity index (χ0n) is 9.56. The molecule has 0 bridgehead atoms. The quantitative estimate of drug-likeness (QED) is 0.767. The Morgan fingerprint density at radius 3 is 2.27 bits per heavy atom. The number of aliphatic hydroxyl groups is 1. The van der Waals surface area contributed by atoms with Crippen molar-refractivity contribution in [2.24, 2.45) is 0 Å². The van der Waals surface area contributed by atoms with Crippen molar-refractivity contribution in [1.82, 2.24) is 4.98 Å². The summed E-state index contributed by atoms with van der Waals surface area (Å²) in [6, 6.07) is 4.02. The molecule has 84 valence electrons. The van der Waals surface area contributed by atoms with Crippen LogP contribution in [-0.2, 0) is 0 Å². The molecule has 2 heterocycles. The Kier molecular flexibility index (Phi) is 5.12. The lowest BCUT2D eigenvalue weighted by molar-refractivity contribution is 0.145. The van der Waals surface area contributed by atoms with Gasteiger partial charge >= 0.3 is 0 Å². The molecule has 15 heavy (non-hydrogen) atoms. The van der Waals surface area contributed by atoms with Gasteiger partial charge in [-0.05, 0) is 25.0 Å². The standard InChI is InChI=1S/C10H14N2O.C2H6/c13-10-3-7-12(8-4-10)9-1-5-11-6-2-9;1-2/h1-2,5-6,10,13H,3-4,7-8H2;1-2H3. The van der Waals surface area contributed by atoms with Crippen molar-refractivity contribution >= 4 is 5.69 Å². The van der Waals surface area contributed by atoms with Gasteiger partial charge in [0, 0.05) is 31.2 Å². The zero-order valence-corrected chi connectivity index (χ0v) is 9.56. The molecule has 1 aromatic heterocycles. The summed E-state index contributed by atoms with van der Waals surface area (Å²) in [5, 5.41) is 9.33. The summed E-state index contributed by atoms with van der Waals surface area (Å²) < 4.78 is 0. The second-order valence-corrected chi connectivity index (χ2v) is 3.42. The number of anilines is 1. The summed E-state index contributed by atoms with van der Waals surface area (Å²) in [4.78, 5) is 6.27. The first kappa shape index (κ1) is 12.0. The van der Waals surface area contributed by atoms with Crippen molar-refractivity contribution in [2.45, 2.75) is 32.8 Å². The van der Waals surface area contributed by atoms with Crippen molar-refractivity contribution in [3.8, 4) is 0 Å². The number of hydrogen-bond acceptors (Lipinski definition) is 3. The van der Waals surface area contributed by atoms with Crippen LogP contribution in [0.2, 0.25) is 0 Å². The maximum absolute atomic E-state index is 9.33. The van der Waals surface area contributed by atoms with Crippen LogP contribution in [0.25, 0.3) is 0 Å². The average molecular weight is 208 g/mol. The van der Waals surface area contributed by atoms with E-state index in [1.165, 1.54) is 5.69 Å². The van der Waals surface area contributed by atoms with E-state index in [4.69, 9.17) is 0 Å². The Hall–Kier alpha value is -1.09. The smallest absolute Gasteiger partial charge is 0.0574 e. The van der Waals surface area contributed by atoms with E-state index >= 15 is 0 Å². The Morgan fingerprint density at radius 2 is 1.73 bits per heavy atom. The van der Waals surface area contributed by atoms with Gasteiger partial charge in [0.1, 0.15) is 0 Å². The van der Waals surface area contributed by atoms with Gasteiger partial charge < -0.3 is 10.0 Å². The molecule has 0 saturated carbocycles. The third-order valence-electron chi connectivity index (χ3n) is 2.49. The number of hydrogen-bond donors (Lipinski definition) is 1. The lowest BCUT2D eigenvalue weighted by Gasteiger charge is -2.31. The first-order valence-corrected chi connectivity index (χ1v) is 5.69. The molecule has 1 fully saturated rings. The van der Waals surface area contributed by atoms with Crippen molar-refractivity contribution in [2.75, 3.05) is 18.0 Å². The minimum Gasteiger partial charge on any atom is -0.393 e. The summed E-state index contributed by atoms with van der Waals surface area (Å²) in [5.41, 5.74) is 1.21. The molecule has 1 N–H and O–H groups in total. The molecular formula is C12H20N2O. The highest BCUT2D eigenvalue weighted by atomic mass is 16.3. The van der Waals surface area contributed by atoms with Crippen LogP contribution in [-0.4, -0.2) is 29.3 Å². The molecular weight excluding hydrogens is 188 g/mol. The van der Waals surface area contributed by atoms with Crippen molar-refractivity contribution < 1.29 is 5.11 Å². The van der Waals surface area contributed by atoms with E-state index < -0.39 is 0 Å². The van der Waals surface area contributed by atoms with Crippen molar-refractivity contribution in [1.29, 1.82) is 0 Å². The lowest BCUT2D eigenvalue weighted by atomic mass is 10.1. The van der Waals surface area contributed by atoms with Crippen LogP contribution in [0, 0.1) is 0 Å². The van der Waals surface area contributed by atoms with Gasteiger partial charge in [0.25, 0.3) is 0 Å². The predicted molar refractivity (Wildman–Crippen MR) is 63.0 cm³/mol. The summed E-state index contributed by atoms with van der Waals surface area (Å²) in [7, 11) is 0. The third kappa shape index (κ3) is 3.51. The molecule has 1 aliphatic heterocycles. The van der Waals surface area contributed by atoms with Crippen molar-refractivity contribution in [3.63, 3.8) is 0 Å². The van der Waals surface area contributed by atoms with Gasteiger partial charge in [-0.25, -0.2) is 0 Å². The van der Waals surface area contributed by atoms with Crippen LogP contribution in [0.15, 0.2) is 24.5 Å². The Labute approximate surface area is 91.8 Å². The highest BCUT2D eigenvalue weighted by molar-refractivity contribution is 5.44. The number of aliphatic hydroxyl groups excluding tert-OH is 1. The van der Waals surface area contributed by atoms with Crippen molar-refractivity contribution in [3.05, 3.63) is 24.5 Å². The Balaban J connectivity index is 0.000000531. The molecule has 0 aliphatic carbocycles. The lowest BCUT2D eigenvalue weighted by Crippen LogP contribution is -2.35. The molecule has 0 atom stereocenters. The predicted octanol–water partition coefficient (Wildman–Crippen LogP) is 2.07. The molecule has 0 amide bonds. The minimum atomic E-state index is -0.0990. The van der Waals surface area contributed by atoms with Gasteiger partial charge in [-0.15, -0.1) is 0 Å². The van der Waals surface area contributed by atoms with E-state index in [0.717, 1.165) is 25.9 Å². The van der Waals surface area contributed by atoms with Gasteiger partial charge in [-0.2, -0.15) is 0 Å². The van der Waals surface area contributed by atoms with E-state index in [0.29, 0.717) is 0 Å². The molecule has 3 heteroatoms. The normalized spacial score (nSPS) is 16.9. The summed E-state index contributed by atoms with van der Waals surface area (Å²) in [6.07, 6.45) is 5.27. The number of aromatic nitrogens is 1. The van der Waals surface area contributed by atoms with Crippen LogP contribution < -0.4 is 4.90 Å². The fraction of sp³-hybridized carbons (Fsp3) is 0.583. The fourth-order valence-corrected chi connectivity index (χ4v) is 1.68. The van der Waals surface area contributed by atoms with E-state index in [1.54, 1.807) is 12.4 Å². The Morgan fingerprint density at radius 1 is 1.20 bits per heavy atom. The number of pyridine rings is 1.